The van der Waals surface area contributed by atoms with E-state index in [-0.39, 0.29) is 0 Å². The van der Waals surface area contributed by atoms with Crippen LogP contribution in [0.5, 0.6) is 0 Å². The molecule has 1 rings (SSSR count). The fourth-order valence-corrected chi connectivity index (χ4v) is 2.10. The van der Waals surface area contributed by atoms with Crippen LogP contribution in [0, 0.1) is 0 Å². The van der Waals surface area contributed by atoms with Crippen molar-refractivity contribution in [2.45, 2.75) is 32.7 Å². The maximum Gasteiger partial charge on any atom is 0.0178 e. The number of hydrogen-bond donors (Lipinski definition) is 2. The Kier molecular flexibility index (Phi) is 7.49. The molecule has 0 heterocycles. The summed E-state index contributed by atoms with van der Waals surface area (Å²) >= 11 is 3.49. The molecular formula is C14H23BrN2. The molecule has 2 N–H and O–H groups in total. The number of halogens is 1. The summed E-state index contributed by atoms with van der Waals surface area (Å²) in [7, 11) is 0. The lowest BCUT2D eigenvalue weighted by molar-refractivity contribution is 0.548. The summed E-state index contributed by atoms with van der Waals surface area (Å²) in [6.07, 6.45) is 2.29. The van der Waals surface area contributed by atoms with Crippen molar-refractivity contribution in [2.75, 3.05) is 19.6 Å². The van der Waals surface area contributed by atoms with Crippen LogP contribution in [0.4, 0.5) is 0 Å². The second kappa shape index (κ2) is 8.67. The Hall–Kier alpha value is -0.380. The van der Waals surface area contributed by atoms with Crippen LogP contribution >= 0.6 is 15.9 Å². The molecule has 0 spiro atoms. The highest BCUT2D eigenvalue weighted by atomic mass is 79.9. The summed E-state index contributed by atoms with van der Waals surface area (Å²) in [5.74, 6) is 0. The maximum atomic E-state index is 3.49. The summed E-state index contributed by atoms with van der Waals surface area (Å²) in [6.45, 7) is 7.61. The molecule has 2 nitrogen and oxygen atoms in total. The number of nitrogens with one attached hydrogen (secondary N) is 2. The van der Waals surface area contributed by atoms with E-state index in [1.54, 1.807) is 0 Å². The molecule has 0 aliphatic heterocycles. The Morgan fingerprint density at radius 3 is 2.71 bits per heavy atom. The highest BCUT2D eigenvalue weighted by Crippen LogP contribution is 2.11. The zero-order valence-corrected chi connectivity index (χ0v) is 12.4. The lowest BCUT2D eigenvalue weighted by Gasteiger charge is -2.08. The van der Waals surface area contributed by atoms with E-state index in [1.807, 2.05) is 0 Å². The molecule has 0 aromatic heterocycles. The van der Waals surface area contributed by atoms with Gasteiger partial charge in [0.2, 0.25) is 0 Å². The Bertz CT molecular complexity index is 313. The molecule has 0 aliphatic rings. The Morgan fingerprint density at radius 2 is 2.00 bits per heavy atom. The first kappa shape index (κ1) is 14.7. The Balaban J connectivity index is 2.01. The molecule has 0 aliphatic carbocycles. The molecule has 0 unspecified atom stereocenters. The number of benzene rings is 1. The minimum atomic E-state index is 0.594. The van der Waals surface area contributed by atoms with Crippen LogP contribution in [-0.2, 0) is 6.42 Å². The van der Waals surface area contributed by atoms with Crippen molar-refractivity contribution >= 4 is 15.9 Å². The first-order valence-corrected chi connectivity index (χ1v) is 7.16. The van der Waals surface area contributed by atoms with E-state index in [1.165, 1.54) is 12.0 Å². The Labute approximate surface area is 113 Å². The van der Waals surface area contributed by atoms with E-state index in [4.69, 9.17) is 0 Å². The predicted octanol–water partition coefficient (Wildman–Crippen LogP) is 2.97. The summed E-state index contributed by atoms with van der Waals surface area (Å²) in [5.41, 5.74) is 1.38. The molecule has 0 saturated carbocycles. The summed E-state index contributed by atoms with van der Waals surface area (Å²) in [6, 6.07) is 9.10. The third-order valence-electron chi connectivity index (χ3n) is 2.56. The van der Waals surface area contributed by atoms with Gasteiger partial charge < -0.3 is 10.6 Å². The highest BCUT2D eigenvalue weighted by Gasteiger charge is 1.95. The molecular weight excluding hydrogens is 276 g/mol. The fraction of sp³-hybridized carbons (Fsp3) is 0.571. The highest BCUT2D eigenvalue weighted by molar-refractivity contribution is 9.10. The van der Waals surface area contributed by atoms with Gasteiger partial charge in [0.25, 0.3) is 0 Å². The quantitative estimate of drug-likeness (QED) is 0.721. The van der Waals surface area contributed by atoms with Crippen LogP contribution in [0.3, 0.4) is 0 Å². The van der Waals surface area contributed by atoms with E-state index in [0.29, 0.717) is 6.04 Å². The molecule has 96 valence electrons. The molecule has 0 atom stereocenters. The van der Waals surface area contributed by atoms with Gasteiger partial charge in [0, 0.05) is 10.5 Å². The van der Waals surface area contributed by atoms with Crippen LogP contribution in [-0.4, -0.2) is 25.7 Å². The van der Waals surface area contributed by atoms with Crippen LogP contribution in [0.1, 0.15) is 25.8 Å². The van der Waals surface area contributed by atoms with E-state index in [9.17, 15) is 0 Å². The van der Waals surface area contributed by atoms with Crippen molar-refractivity contribution in [3.63, 3.8) is 0 Å². The zero-order chi connectivity index (χ0) is 12.5. The third kappa shape index (κ3) is 7.53. The molecule has 17 heavy (non-hydrogen) atoms. The maximum absolute atomic E-state index is 3.49. The average Bonchev–Trinajstić information content (AvgIpc) is 2.27. The monoisotopic (exact) mass is 298 g/mol. The normalized spacial score (nSPS) is 11.1. The van der Waals surface area contributed by atoms with Gasteiger partial charge in [-0.3, -0.25) is 0 Å². The molecule has 1 aromatic rings. The minimum Gasteiger partial charge on any atom is -0.316 e. The van der Waals surface area contributed by atoms with Crippen molar-refractivity contribution in [2.24, 2.45) is 0 Å². The van der Waals surface area contributed by atoms with Gasteiger partial charge in [-0.05, 0) is 50.2 Å². The van der Waals surface area contributed by atoms with Crippen molar-refractivity contribution in [1.29, 1.82) is 0 Å². The Morgan fingerprint density at radius 1 is 1.18 bits per heavy atom. The number of hydrogen-bond acceptors (Lipinski definition) is 2. The second-order valence-electron chi connectivity index (χ2n) is 4.59. The second-order valence-corrected chi connectivity index (χ2v) is 5.51. The van der Waals surface area contributed by atoms with Gasteiger partial charge in [-0.1, -0.05) is 41.9 Å². The van der Waals surface area contributed by atoms with Crippen molar-refractivity contribution in [1.82, 2.24) is 10.6 Å². The van der Waals surface area contributed by atoms with Gasteiger partial charge in [-0.25, -0.2) is 0 Å². The minimum absolute atomic E-state index is 0.594. The van der Waals surface area contributed by atoms with Gasteiger partial charge in [0.1, 0.15) is 0 Å². The summed E-state index contributed by atoms with van der Waals surface area (Å²) in [5, 5.41) is 6.89. The average molecular weight is 299 g/mol. The summed E-state index contributed by atoms with van der Waals surface area (Å²) in [4.78, 5) is 0. The van der Waals surface area contributed by atoms with Crippen LogP contribution in [0.15, 0.2) is 28.7 Å². The lowest BCUT2D eigenvalue weighted by atomic mass is 10.1. The molecule has 0 saturated heterocycles. The molecule has 0 radical (unpaired) electrons. The van der Waals surface area contributed by atoms with Crippen molar-refractivity contribution in [3.05, 3.63) is 34.3 Å². The van der Waals surface area contributed by atoms with E-state index in [2.05, 4.69) is 64.7 Å². The zero-order valence-electron chi connectivity index (χ0n) is 10.8. The van der Waals surface area contributed by atoms with Crippen LogP contribution in [0.25, 0.3) is 0 Å². The molecule has 3 heteroatoms. The summed E-state index contributed by atoms with van der Waals surface area (Å²) < 4.78 is 1.16. The first-order valence-electron chi connectivity index (χ1n) is 6.37. The standard InChI is InChI=1S/C14H23BrN2/c1-12(2)17-9-4-8-16-10-7-13-5-3-6-14(15)11-13/h3,5-6,11-12,16-17H,4,7-10H2,1-2H3. The van der Waals surface area contributed by atoms with Gasteiger partial charge in [-0.2, -0.15) is 0 Å². The van der Waals surface area contributed by atoms with Crippen LogP contribution in [0.2, 0.25) is 0 Å². The van der Waals surface area contributed by atoms with E-state index >= 15 is 0 Å². The van der Waals surface area contributed by atoms with Crippen molar-refractivity contribution < 1.29 is 0 Å². The van der Waals surface area contributed by atoms with E-state index in [0.717, 1.165) is 30.5 Å². The SMILES string of the molecule is CC(C)NCCCNCCc1cccc(Br)c1. The lowest BCUT2D eigenvalue weighted by Crippen LogP contribution is -2.27. The number of rotatable bonds is 8. The topological polar surface area (TPSA) is 24.1 Å². The first-order chi connectivity index (χ1) is 8.18. The van der Waals surface area contributed by atoms with Crippen LogP contribution < -0.4 is 10.6 Å². The van der Waals surface area contributed by atoms with Gasteiger partial charge >= 0.3 is 0 Å². The molecule has 0 amide bonds. The van der Waals surface area contributed by atoms with Crippen molar-refractivity contribution in [3.8, 4) is 0 Å². The molecule has 0 fully saturated rings. The smallest absolute Gasteiger partial charge is 0.0178 e. The van der Waals surface area contributed by atoms with Gasteiger partial charge in [0.05, 0.1) is 0 Å². The van der Waals surface area contributed by atoms with Gasteiger partial charge in [0.15, 0.2) is 0 Å². The van der Waals surface area contributed by atoms with E-state index < -0.39 is 0 Å². The van der Waals surface area contributed by atoms with Gasteiger partial charge in [-0.15, -0.1) is 0 Å². The predicted molar refractivity (Wildman–Crippen MR) is 78.5 cm³/mol. The molecule has 0 bridgehead atoms. The molecule has 1 aromatic carbocycles. The third-order valence-corrected chi connectivity index (χ3v) is 3.06. The largest absolute Gasteiger partial charge is 0.316 e. The fourth-order valence-electron chi connectivity index (χ4n) is 1.65.